The van der Waals surface area contributed by atoms with E-state index < -0.39 is 10.0 Å². The number of aliphatic hydroxyl groups excluding tert-OH is 1. The predicted molar refractivity (Wildman–Crippen MR) is 51.3 cm³/mol. The maximum Gasteiger partial charge on any atom is 0.214 e. The standard InChI is InChI=1S/C7H14ClNO3S/c8-2-1-3-13(11,12)9-4-7(5-9)6-10/h7,10H,1-6H2. The fourth-order valence-electron chi connectivity index (χ4n) is 1.23. The van der Waals surface area contributed by atoms with Gasteiger partial charge in [-0.2, -0.15) is 0 Å². The van der Waals surface area contributed by atoms with Gasteiger partial charge in [0.25, 0.3) is 0 Å². The number of hydrogen-bond acceptors (Lipinski definition) is 3. The fraction of sp³-hybridized carbons (Fsp3) is 1.00. The second kappa shape index (κ2) is 4.59. The third-order valence-electron chi connectivity index (χ3n) is 2.11. The van der Waals surface area contributed by atoms with E-state index in [-0.39, 0.29) is 18.3 Å². The van der Waals surface area contributed by atoms with Crippen molar-refractivity contribution in [3.05, 3.63) is 0 Å². The van der Waals surface area contributed by atoms with Crippen molar-refractivity contribution >= 4 is 21.6 Å². The van der Waals surface area contributed by atoms with Gasteiger partial charge >= 0.3 is 0 Å². The van der Waals surface area contributed by atoms with Gasteiger partial charge in [0.05, 0.1) is 5.75 Å². The Labute approximate surface area is 83.5 Å². The highest BCUT2D eigenvalue weighted by molar-refractivity contribution is 7.89. The minimum absolute atomic E-state index is 0.0710. The lowest BCUT2D eigenvalue weighted by Crippen LogP contribution is -2.51. The number of sulfonamides is 1. The molecule has 0 aromatic rings. The van der Waals surface area contributed by atoms with Crippen molar-refractivity contribution < 1.29 is 13.5 Å². The molecule has 0 amide bonds. The summed E-state index contributed by atoms with van der Waals surface area (Å²) in [5.74, 6) is 0.622. The third-order valence-corrected chi connectivity index (χ3v) is 4.27. The van der Waals surface area contributed by atoms with Crippen molar-refractivity contribution in [2.24, 2.45) is 5.92 Å². The van der Waals surface area contributed by atoms with Crippen LogP contribution in [-0.2, 0) is 10.0 Å². The van der Waals surface area contributed by atoms with Gasteiger partial charge in [-0.1, -0.05) is 0 Å². The number of nitrogens with zero attached hydrogens (tertiary/aromatic N) is 1. The highest BCUT2D eigenvalue weighted by Gasteiger charge is 2.34. The summed E-state index contributed by atoms with van der Waals surface area (Å²) in [5.41, 5.74) is 0. The van der Waals surface area contributed by atoms with E-state index >= 15 is 0 Å². The monoisotopic (exact) mass is 227 g/mol. The first-order valence-corrected chi connectivity index (χ1v) is 6.39. The van der Waals surface area contributed by atoms with Gasteiger partial charge < -0.3 is 5.11 Å². The van der Waals surface area contributed by atoms with Crippen molar-refractivity contribution in [1.82, 2.24) is 4.31 Å². The van der Waals surface area contributed by atoms with Crippen molar-refractivity contribution in [2.75, 3.05) is 31.3 Å². The van der Waals surface area contributed by atoms with Crippen LogP contribution in [0.5, 0.6) is 0 Å². The Balaban J connectivity index is 2.36. The quantitative estimate of drug-likeness (QED) is 0.666. The molecule has 78 valence electrons. The molecule has 0 bridgehead atoms. The number of hydrogen-bond donors (Lipinski definition) is 1. The molecule has 0 unspecified atom stereocenters. The van der Waals surface area contributed by atoms with Crippen LogP contribution in [0.15, 0.2) is 0 Å². The van der Waals surface area contributed by atoms with Crippen molar-refractivity contribution in [3.8, 4) is 0 Å². The smallest absolute Gasteiger partial charge is 0.214 e. The van der Waals surface area contributed by atoms with Crippen LogP contribution >= 0.6 is 11.6 Å². The lowest BCUT2D eigenvalue weighted by molar-refractivity contribution is 0.117. The van der Waals surface area contributed by atoms with Crippen molar-refractivity contribution in [3.63, 3.8) is 0 Å². The lowest BCUT2D eigenvalue weighted by Gasteiger charge is -2.36. The molecule has 0 radical (unpaired) electrons. The van der Waals surface area contributed by atoms with Crippen LogP contribution in [0.4, 0.5) is 0 Å². The Kier molecular flexibility index (Phi) is 3.97. The van der Waals surface area contributed by atoms with Crippen LogP contribution in [0.3, 0.4) is 0 Å². The molecule has 0 saturated carbocycles. The number of aliphatic hydroxyl groups is 1. The topological polar surface area (TPSA) is 57.6 Å². The highest BCUT2D eigenvalue weighted by atomic mass is 35.5. The molecule has 1 aliphatic heterocycles. The second-order valence-electron chi connectivity index (χ2n) is 3.22. The van der Waals surface area contributed by atoms with Gasteiger partial charge in [0, 0.05) is 31.5 Å². The molecule has 1 fully saturated rings. The Morgan fingerprint density at radius 2 is 2.08 bits per heavy atom. The molecule has 6 heteroatoms. The Bertz CT molecular complexity index is 248. The SMILES string of the molecule is O=S(=O)(CCCCl)N1CC(CO)C1. The average molecular weight is 228 g/mol. The number of rotatable bonds is 5. The first-order valence-electron chi connectivity index (χ1n) is 4.25. The van der Waals surface area contributed by atoms with Crippen LogP contribution in [0.2, 0.25) is 0 Å². The van der Waals surface area contributed by atoms with Gasteiger partial charge in [-0.25, -0.2) is 12.7 Å². The molecule has 1 aliphatic rings. The van der Waals surface area contributed by atoms with Gasteiger partial charge in [0.1, 0.15) is 0 Å². The zero-order chi connectivity index (χ0) is 9.90. The van der Waals surface area contributed by atoms with E-state index in [1.54, 1.807) is 0 Å². The zero-order valence-corrected chi connectivity index (χ0v) is 8.89. The molecule has 1 N–H and O–H groups in total. The van der Waals surface area contributed by atoms with Crippen molar-refractivity contribution in [2.45, 2.75) is 6.42 Å². The lowest BCUT2D eigenvalue weighted by atomic mass is 10.1. The predicted octanol–water partition coefficient (Wildman–Crippen LogP) is -0.131. The summed E-state index contributed by atoms with van der Waals surface area (Å²) in [6, 6.07) is 0. The van der Waals surface area contributed by atoms with E-state index in [0.717, 1.165) is 0 Å². The normalized spacial score (nSPS) is 20.2. The van der Waals surface area contributed by atoms with Crippen LogP contribution in [0, 0.1) is 5.92 Å². The summed E-state index contributed by atoms with van der Waals surface area (Å²) in [6.45, 7) is 0.990. The zero-order valence-electron chi connectivity index (χ0n) is 7.32. The Morgan fingerprint density at radius 3 is 2.54 bits per heavy atom. The summed E-state index contributed by atoms with van der Waals surface area (Å²) in [7, 11) is -3.09. The van der Waals surface area contributed by atoms with Gasteiger partial charge in [0.2, 0.25) is 10.0 Å². The largest absolute Gasteiger partial charge is 0.396 e. The summed E-state index contributed by atoms with van der Waals surface area (Å²) < 4.78 is 24.2. The molecule has 1 rings (SSSR count). The van der Waals surface area contributed by atoms with Gasteiger partial charge in [0.15, 0.2) is 0 Å². The highest BCUT2D eigenvalue weighted by Crippen LogP contribution is 2.19. The Morgan fingerprint density at radius 1 is 1.46 bits per heavy atom. The van der Waals surface area contributed by atoms with Gasteiger partial charge in [-0.15, -0.1) is 11.6 Å². The molecule has 1 heterocycles. The Hall–Kier alpha value is 0.160. The maximum absolute atomic E-state index is 11.4. The van der Waals surface area contributed by atoms with E-state index in [1.165, 1.54) is 4.31 Å². The molecule has 0 atom stereocenters. The van der Waals surface area contributed by atoms with Gasteiger partial charge in [-0.05, 0) is 6.42 Å². The first-order chi connectivity index (χ1) is 6.10. The summed E-state index contributed by atoms with van der Waals surface area (Å²) in [5, 5.41) is 8.70. The molecule has 0 spiro atoms. The van der Waals surface area contributed by atoms with Crippen molar-refractivity contribution in [1.29, 1.82) is 0 Å². The molecule has 4 nitrogen and oxygen atoms in total. The van der Waals surface area contributed by atoms with E-state index in [9.17, 15) is 8.42 Å². The third kappa shape index (κ3) is 2.80. The number of alkyl halides is 1. The first kappa shape index (κ1) is 11.2. The van der Waals surface area contributed by atoms with Crippen LogP contribution in [0.25, 0.3) is 0 Å². The van der Waals surface area contributed by atoms with Crippen LogP contribution in [0.1, 0.15) is 6.42 Å². The fourth-order valence-corrected chi connectivity index (χ4v) is 3.17. The van der Waals surface area contributed by atoms with Crippen LogP contribution < -0.4 is 0 Å². The maximum atomic E-state index is 11.4. The molecule has 0 aliphatic carbocycles. The van der Waals surface area contributed by atoms with E-state index in [4.69, 9.17) is 16.7 Å². The van der Waals surface area contributed by atoms with E-state index in [2.05, 4.69) is 0 Å². The molecule has 1 saturated heterocycles. The summed E-state index contributed by atoms with van der Waals surface area (Å²) in [6.07, 6.45) is 0.490. The molecule has 0 aromatic heterocycles. The van der Waals surface area contributed by atoms with Gasteiger partial charge in [-0.3, -0.25) is 0 Å². The van der Waals surface area contributed by atoms with Crippen LogP contribution in [-0.4, -0.2) is 49.2 Å². The van der Waals surface area contributed by atoms with E-state index in [0.29, 0.717) is 25.4 Å². The molecule has 0 aromatic carbocycles. The summed E-state index contributed by atoms with van der Waals surface area (Å²) in [4.78, 5) is 0. The minimum Gasteiger partial charge on any atom is -0.396 e. The minimum atomic E-state index is -3.09. The number of halogens is 1. The average Bonchev–Trinajstić information content (AvgIpc) is 1.98. The summed E-state index contributed by atoms with van der Waals surface area (Å²) >= 11 is 5.41. The second-order valence-corrected chi connectivity index (χ2v) is 5.69. The molecule has 13 heavy (non-hydrogen) atoms. The molecular formula is C7H14ClNO3S. The van der Waals surface area contributed by atoms with E-state index in [1.807, 2.05) is 0 Å². The molecular weight excluding hydrogens is 214 g/mol.